The van der Waals surface area contributed by atoms with Gasteiger partial charge in [-0.15, -0.1) is 0 Å². The van der Waals surface area contributed by atoms with Crippen molar-refractivity contribution < 1.29 is 14.3 Å². The predicted octanol–water partition coefficient (Wildman–Crippen LogP) is 3.21. The first-order valence-corrected chi connectivity index (χ1v) is 9.33. The largest absolute Gasteiger partial charge is 0.497 e. The number of aryl methyl sites for hydroxylation is 2. The number of hydrogen-bond acceptors (Lipinski definition) is 3. The summed E-state index contributed by atoms with van der Waals surface area (Å²) in [6.07, 6.45) is 5.01. The van der Waals surface area contributed by atoms with E-state index in [-0.39, 0.29) is 18.4 Å². The van der Waals surface area contributed by atoms with Crippen molar-refractivity contribution in [1.29, 1.82) is 0 Å². The Labute approximate surface area is 160 Å². The summed E-state index contributed by atoms with van der Waals surface area (Å²) < 4.78 is 5.10. The zero-order chi connectivity index (χ0) is 19.2. The summed E-state index contributed by atoms with van der Waals surface area (Å²) in [5.41, 5.74) is 4.47. The molecular formula is C22H26N2O3. The Balaban J connectivity index is 1.53. The van der Waals surface area contributed by atoms with Gasteiger partial charge in [-0.1, -0.05) is 18.2 Å². The molecule has 0 aliphatic heterocycles. The molecule has 3 rings (SSSR count). The first-order chi connectivity index (χ1) is 13.0. The lowest BCUT2D eigenvalue weighted by molar-refractivity contribution is -0.132. The molecule has 5 heteroatoms. The van der Waals surface area contributed by atoms with Crippen LogP contribution in [0.15, 0.2) is 42.5 Å². The molecule has 0 heterocycles. The van der Waals surface area contributed by atoms with Crippen LogP contribution in [0.25, 0.3) is 0 Å². The molecular weight excluding hydrogens is 340 g/mol. The lowest BCUT2D eigenvalue weighted by Gasteiger charge is -2.19. The Morgan fingerprint density at radius 2 is 1.74 bits per heavy atom. The summed E-state index contributed by atoms with van der Waals surface area (Å²) in [4.78, 5) is 26.1. The van der Waals surface area contributed by atoms with Gasteiger partial charge in [0.2, 0.25) is 11.8 Å². The van der Waals surface area contributed by atoms with Gasteiger partial charge < -0.3 is 15.0 Å². The van der Waals surface area contributed by atoms with E-state index in [0.29, 0.717) is 12.1 Å². The molecule has 5 nitrogen and oxygen atoms in total. The quantitative estimate of drug-likeness (QED) is 0.854. The Kier molecular flexibility index (Phi) is 6.12. The molecule has 0 aromatic heterocycles. The van der Waals surface area contributed by atoms with Crippen LogP contribution in [0.2, 0.25) is 0 Å². The average molecular weight is 366 g/mol. The van der Waals surface area contributed by atoms with Crippen LogP contribution in [-0.4, -0.2) is 37.4 Å². The van der Waals surface area contributed by atoms with E-state index in [1.807, 2.05) is 6.07 Å². The van der Waals surface area contributed by atoms with E-state index >= 15 is 0 Å². The number of fused-ring (bicyclic) bond motifs is 1. The van der Waals surface area contributed by atoms with Crippen molar-refractivity contribution in [3.05, 3.63) is 59.2 Å². The highest BCUT2D eigenvalue weighted by Crippen LogP contribution is 2.22. The molecule has 0 radical (unpaired) electrons. The van der Waals surface area contributed by atoms with Crippen molar-refractivity contribution in [1.82, 2.24) is 4.90 Å². The maximum atomic E-state index is 12.5. The maximum absolute atomic E-state index is 12.5. The molecule has 0 atom stereocenters. The van der Waals surface area contributed by atoms with Gasteiger partial charge in [0.25, 0.3) is 0 Å². The first kappa shape index (κ1) is 19.0. The molecule has 2 aromatic carbocycles. The van der Waals surface area contributed by atoms with Crippen molar-refractivity contribution in [3.63, 3.8) is 0 Å². The monoisotopic (exact) mass is 366 g/mol. The van der Waals surface area contributed by atoms with Crippen LogP contribution in [0.1, 0.15) is 29.5 Å². The zero-order valence-corrected chi connectivity index (χ0v) is 16.0. The number of hydrogen-bond donors (Lipinski definition) is 1. The van der Waals surface area contributed by atoms with Crippen molar-refractivity contribution in [3.8, 4) is 5.75 Å². The van der Waals surface area contributed by atoms with E-state index in [4.69, 9.17) is 4.74 Å². The number of carbonyl (C=O) groups excluding carboxylic acids is 2. The normalized spacial score (nSPS) is 12.8. The highest BCUT2D eigenvalue weighted by atomic mass is 16.5. The fourth-order valence-electron chi connectivity index (χ4n) is 3.38. The minimum absolute atomic E-state index is 0.0236. The van der Waals surface area contributed by atoms with Gasteiger partial charge in [0.05, 0.1) is 20.1 Å². The molecule has 2 amide bonds. The van der Waals surface area contributed by atoms with E-state index in [1.54, 1.807) is 38.4 Å². The number of carbonyl (C=O) groups is 2. The molecule has 27 heavy (non-hydrogen) atoms. The topological polar surface area (TPSA) is 58.6 Å². The second-order valence-corrected chi connectivity index (χ2v) is 7.01. The van der Waals surface area contributed by atoms with Gasteiger partial charge in [-0.25, -0.2) is 0 Å². The lowest BCUT2D eigenvalue weighted by atomic mass is 9.90. The SMILES string of the molecule is COc1ccc(NC(=O)CN(C)C(=O)Cc2ccc3c(c2)CCCC3)cc1. The molecule has 0 bridgehead atoms. The third-order valence-corrected chi connectivity index (χ3v) is 4.95. The fourth-order valence-corrected chi connectivity index (χ4v) is 3.38. The molecule has 142 valence electrons. The molecule has 0 saturated heterocycles. The van der Waals surface area contributed by atoms with Gasteiger partial charge in [-0.2, -0.15) is 0 Å². The second-order valence-electron chi connectivity index (χ2n) is 7.01. The van der Waals surface area contributed by atoms with E-state index < -0.39 is 0 Å². The summed E-state index contributed by atoms with van der Waals surface area (Å²) in [6.45, 7) is 0.0236. The third-order valence-electron chi connectivity index (χ3n) is 4.95. The van der Waals surface area contributed by atoms with E-state index in [9.17, 15) is 9.59 Å². The van der Waals surface area contributed by atoms with E-state index in [1.165, 1.54) is 28.9 Å². The highest BCUT2D eigenvalue weighted by Gasteiger charge is 2.15. The molecule has 1 N–H and O–H groups in total. The molecule has 0 saturated carbocycles. The van der Waals surface area contributed by atoms with Crippen molar-refractivity contribution in [2.75, 3.05) is 26.0 Å². The van der Waals surface area contributed by atoms with Gasteiger partial charge in [0, 0.05) is 12.7 Å². The lowest BCUT2D eigenvalue weighted by Crippen LogP contribution is -2.35. The van der Waals surface area contributed by atoms with Crippen LogP contribution in [0, 0.1) is 0 Å². The van der Waals surface area contributed by atoms with Crippen LogP contribution in [-0.2, 0) is 28.9 Å². The van der Waals surface area contributed by atoms with Crippen LogP contribution in [0.3, 0.4) is 0 Å². The van der Waals surface area contributed by atoms with Crippen LogP contribution >= 0.6 is 0 Å². The fraction of sp³-hybridized carbons (Fsp3) is 0.364. The van der Waals surface area contributed by atoms with Gasteiger partial charge in [-0.3, -0.25) is 9.59 Å². The predicted molar refractivity (Wildman–Crippen MR) is 106 cm³/mol. The van der Waals surface area contributed by atoms with Gasteiger partial charge >= 0.3 is 0 Å². The summed E-state index contributed by atoms with van der Waals surface area (Å²) in [5.74, 6) is 0.447. The first-order valence-electron chi connectivity index (χ1n) is 9.33. The van der Waals surface area contributed by atoms with Crippen LogP contribution in [0.4, 0.5) is 5.69 Å². The number of likely N-dealkylation sites (N-methyl/N-ethyl adjacent to an activating group) is 1. The Morgan fingerprint density at radius 1 is 1.04 bits per heavy atom. The van der Waals surface area contributed by atoms with Crippen LogP contribution < -0.4 is 10.1 Å². The molecule has 2 aromatic rings. The smallest absolute Gasteiger partial charge is 0.243 e. The van der Waals surface area contributed by atoms with Crippen molar-refractivity contribution in [2.24, 2.45) is 0 Å². The zero-order valence-electron chi connectivity index (χ0n) is 16.0. The number of ether oxygens (including phenoxy) is 1. The Morgan fingerprint density at radius 3 is 2.44 bits per heavy atom. The van der Waals surface area contributed by atoms with E-state index in [0.717, 1.165) is 24.2 Å². The minimum Gasteiger partial charge on any atom is -0.497 e. The van der Waals surface area contributed by atoms with Crippen molar-refractivity contribution >= 4 is 17.5 Å². The number of benzene rings is 2. The van der Waals surface area contributed by atoms with E-state index in [2.05, 4.69) is 17.4 Å². The van der Waals surface area contributed by atoms with Gasteiger partial charge in [0.1, 0.15) is 5.75 Å². The summed E-state index contributed by atoms with van der Waals surface area (Å²) in [7, 11) is 3.26. The summed E-state index contributed by atoms with van der Waals surface area (Å²) >= 11 is 0. The summed E-state index contributed by atoms with van der Waals surface area (Å²) in [5, 5.41) is 2.80. The summed E-state index contributed by atoms with van der Waals surface area (Å²) in [6, 6.07) is 13.4. The Bertz CT molecular complexity index is 815. The Hall–Kier alpha value is -2.82. The molecule has 0 fully saturated rings. The van der Waals surface area contributed by atoms with Gasteiger partial charge in [-0.05, 0) is 66.6 Å². The molecule has 0 unspecified atom stereocenters. The molecule has 1 aliphatic carbocycles. The number of rotatable bonds is 6. The molecule has 0 spiro atoms. The van der Waals surface area contributed by atoms with Gasteiger partial charge in [0.15, 0.2) is 0 Å². The number of nitrogens with zero attached hydrogens (tertiary/aromatic N) is 1. The average Bonchev–Trinajstić information content (AvgIpc) is 2.68. The maximum Gasteiger partial charge on any atom is 0.243 e. The van der Waals surface area contributed by atoms with Crippen LogP contribution in [0.5, 0.6) is 5.75 Å². The third kappa shape index (κ3) is 5.09. The number of methoxy groups -OCH3 is 1. The number of nitrogens with one attached hydrogen (secondary N) is 1. The minimum atomic E-state index is -0.221. The number of amides is 2. The second kappa shape index (κ2) is 8.71. The highest BCUT2D eigenvalue weighted by molar-refractivity contribution is 5.94. The standard InChI is InChI=1S/C22H26N2O3/c1-24(15-21(25)23-19-9-11-20(27-2)12-10-19)22(26)14-16-7-8-17-5-3-4-6-18(17)13-16/h7-13H,3-6,14-15H2,1-2H3,(H,23,25). The van der Waals surface area contributed by atoms with Crippen molar-refractivity contribution in [2.45, 2.75) is 32.1 Å². The number of anilines is 1. The molecule has 1 aliphatic rings.